The average molecular weight is 403 g/mol. The number of carboxylic acids is 1. The van der Waals surface area contributed by atoms with Gasteiger partial charge in [0.15, 0.2) is 5.43 Å². The Bertz CT molecular complexity index is 935. The summed E-state index contributed by atoms with van der Waals surface area (Å²) in [6, 6.07) is 2.59. The standard InChI is InChI=1S/C22H30FN3O3/c1-3-18(22(28)29)24-12-14-13-26(4-2)20-11-19(17(23)10-16(20)21(14)27)25-15-8-6-5-7-9-15/h10-11,13,15,18,24-25H,3-9,12H2,1-2H3,(H,28,29). The highest BCUT2D eigenvalue weighted by atomic mass is 19.1. The van der Waals surface area contributed by atoms with Gasteiger partial charge < -0.3 is 20.3 Å². The number of hydrogen-bond acceptors (Lipinski definition) is 4. The first-order chi connectivity index (χ1) is 13.9. The number of benzene rings is 1. The Balaban J connectivity index is 1.94. The van der Waals surface area contributed by atoms with E-state index in [4.69, 9.17) is 0 Å². The molecule has 6 nitrogen and oxygen atoms in total. The van der Waals surface area contributed by atoms with Crippen molar-refractivity contribution in [2.75, 3.05) is 5.32 Å². The van der Waals surface area contributed by atoms with Crippen molar-refractivity contribution in [3.63, 3.8) is 0 Å². The summed E-state index contributed by atoms with van der Waals surface area (Å²) in [5.41, 5.74) is 1.30. The second-order valence-corrected chi connectivity index (χ2v) is 7.78. The van der Waals surface area contributed by atoms with Crippen LogP contribution in [0.4, 0.5) is 10.1 Å². The maximum Gasteiger partial charge on any atom is 0.320 e. The van der Waals surface area contributed by atoms with Crippen molar-refractivity contribution in [2.45, 2.75) is 77.5 Å². The van der Waals surface area contributed by atoms with E-state index < -0.39 is 17.8 Å². The SMILES string of the molecule is CCC(NCc1cn(CC)c2cc(NC3CCCCC3)c(F)cc2c1=O)C(=O)O. The number of anilines is 1. The number of halogens is 1. The number of aromatic nitrogens is 1. The third-order valence-electron chi connectivity index (χ3n) is 5.79. The Labute approximate surface area is 170 Å². The summed E-state index contributed by atoms with van der Waals surface area (Å²) in [4.78, 5) is 24.1. The molecule has 1 aromatic carbocycles. The fourth-order valence-corrected chi connectivity index (χ4v) is 4.08. The molecule has 29 heavy (non-hydrogen) atoms. The van der Waals surface area contributed by atoms with E-state index in [1.807, 2.05) is 11.5 Å². The van der Waals surface area contributed by atoms with Gasteiger partial charge >= 0.3 is 5.97 Å². The number of hydrogen-bond donors (Lipinski definition) is 3. The van der Waals surface area contributed by atoms with Crippen LogP contribution in [0.1, 0.15) is 57.9 Å². The van der Waals surface area contributed by atoms with Crippen molar-refractivity contribution in [2.24, 2.45) is 0 Å². The fraction of sp³-hybridized carbons (Fsp3) is 0.545. The minimum Gasteiger partial charge on any atom is -0.480 e. The minimum atomic E-state index is -0.950. The quantitative estimate of drug-likeness (QED) is 0.623. The highest BCUT2D eigenvalue weighted by molar-refractivity contribution is 5.83. The van der Waals surface area contributed by atoms with Gasteiger partial charge in [0.05, 0.1) is 11.2 Å². The van der Waals surface area contributed by atoms with Crippen LogP contribution in [0.3, 0.4) is 0 Å². The molecule has 7 heteroatoms. The number of aryl methyl sites for hydroxylation is 1. The van der Waals surface area contributed by atoms with Gasteiger partial charge in [-0.05, 0) is 38.3 Å². The Kier molecular flexibility index (Phi) is 6.90. The zero-order valence-electron chi connectivity index (χ0n) is 17.1. The molecule has 0 aliphatic heterocycles. The molecule has 1 aliphatic rings. The summed E-state index contributed by atoms with van der Waals surface area (Å²) in [6.07, 6.45) is 7.75. The van der Waals surface area contributed by atoms with Crippen LogP contribution >= 0.6 is 0 Å². The maximum absolute atomic E-state index is 14.8. The molecule has 0 radical (unpaired) electrons. The molecule has 0 bridgehead atoms. The number of carboxylic acid groups (broad SMARTS) is 1. The van der Waals surface area contributed by atoms with E-state index in [9.17, 15) is 19.1 Å². The normalized spacial score (nSPS) is 16.1. The summed E-state index contributed by atoms with van der Waals surface area (Å²) < 4.78 is 16.7. The summed E-state index contributed by atoms with van der Waals surface area (Å²) >= 11 is 0. The number of rotatable bonds is 8. The van der Waals surface area contributed by atoms with E-state index in [-0.39, 0.29) is 18.0 Å². The molecule has 1 unspecified atom stereocenters. The van der Waals surface area contributed by atoms with Crippen LogP contribution in [0.2, 0.25) is 0 Å². The van der Waals surface area contributed by atoms with Gasteiger partial charge in [-0.25, -0.2) is 4.39 Å². The molecule has 0 amide bonds. The number of nitrogens with zero attached hydrogens (tertiary/aromatic N) is 1. The molecule has 2 aromatic rings. The highest BCUT2D eigenvalue weighted by Gasteiger charge is 2.19. The lowest BCUT2D eigenvalue weighted by molar-refractivity contribution is -0.139. The number of nitrogens with one attached hydrogen (secondary N) is 2. The first kappa shape index (κ1) is 21.3. The predicted molar refractivity (Wildman–Crippen MR) is 113 cm³/mol. The zero-order chi connectivity index (χ0) is 21.0. The first-order valence-electron chi connectivity index (χ1n) is 10.5. The summed E-state index contributed by atoms with van der Waals surface area (Å²) in [7, 11) is 0. The molecular formula is C22H30FN3O3. The van der Waals surface area contributed by atoms with Crippen LogP contribution in [0, 0.1) is 5.82 Å². The van der Waals surface area contributed by atoms with Crippen LogP contribution in [0.15, 0.2) is 23.1 Å². The van der Waals surface area contributed by atoms with E-state index in [0.29, 0.717) is 35.1 Å². The first-order valence-corrected chi connectivity index (χ1v) is 10.5. The molecule has 1 aliphatic carbocycles. The van der Waals surface area contributed by atoms with E-state index >= 15 is 0 Å². The monoisotopic (exact) mass is 403 g/mol. The average Bonchev–Trinajstić information content (AvgIpc) is 2.71. The van der Waals surface area contributed by atoms with Crippen molar-refractivity contribution < 1.29 is 14.3 Å². The molecule has 1 fully saturated rings. The number of aliphatic carboxylic acids is 1. The summed E-state index contributed by atoms with van der Waals surface area (Å²) in [5.74, 6) is -1.38. The van der Waals surface area contributed by atoms with Crippen molar-refractivity contribution in [1.82, 2.24) is 9.88 Å². The summed E-state index contributed by atoms with van der Waals surface area (Å²) in [6.45, 7) is 4.48. The topological polar surface area (TPSA) is 83.4 Å². The molecule has 3 rings (SSSR count). The lowest BCUT2D eigenvalue weighted by Crippen LogP contribution is -2.36. The second-order valence-electron chi connectivity index (χ2n) is 7.78. The third-order valence-corrected chi connectivity index (χ3v) is 5.79. The molecule has 3 N–H and O–H groups in total. The molecule has 1 heterocycles. The van der Waals surface area contributed by atoms with Gasteiger partial charge in [-0.3, -0.25) is 9.59 Å². The molecule has 1 aromatic heterocycles. The zero-order valence-corrected chi connectivity index (χ0v) is 17.1. The van der Waals surface area contributed by atoms with Gasteiger partial charge in [0.2, 0.25) is 0 Å². The van der Waals surface area contributed by atoms with E-state index in [1.165, 1.54) is 12.5 Å². The molecule has 0 spiro atoms. The Hall–Kier alpha value is -2.41. The van der Waals surface area contributed by atoms with Gasteiger partial charge in [-0.15, -0.1) is 0 Å². The van der Waals surface area contributed by atoms with Crippen LogP contribution in [-0.2, 0) is 17.9 Å². The second kappa shape index (κ2) is 9.39. The lowest BCUT2D eigenvalue weighted by atomic mass is 9.95. The molecule has 158 valence electrons. The number of carbonyl (C=O) groups is 1. The van der Waals surface area contributed by atoms with Gasteiger partial charge in [0, 0.05) is 36.3 Å². The van der Waals surface area contributed by atoms with Crippen molar-refractivity contribution in [1.29, 1.82) is 0 Å². The number of fused-ring (bicyclic) bond motifs is 1. The Morgan fingerprint density at radius 2 is 2.00 bits per heavy atom. The van der Waals surface area contributed by atoms with Crippen LogP contribution < -0.4 is 16.1 Å². The van der Waals surface area contributed by atoms with E-state index in [1.54, 1.807) is 19.2 Å². The molecular weight excluding hydrogens is 373 g/mol. The molecule has 0 saturated heterocycles. The largest absolute Gasteiger partial charge is 0.480 e. The molecule has 1 atom stereocenters. The van der Waals surface area contributed by atoms with Gasteiger partial charge in [-0.2, -0.15) is 0 Å². The minimum absolute atomic E-state index is 0.128. The number of pyridine rings is 1. The van der Waals surface area contributed by atoms with Crippen molar-refractivity contribution >= 4 is 22.6 Å². The smallest absolute Gasteiger partial charge is 0.320 e. The van der Waals surface area contributed by atoms with Crippen molar-refractivity contribution in [3.8, 4) is 0 Å². The van der Waals surface area contributed by atoms with Crippen LogP contribution in [-0.4, -0.2) is 27.7 Å². The third kappa shape index (κ3) is 4.78. The van der Waals surface area contributed by atoms with Gasteiger partial charge in [-0.1, -0.05) is 26.2 Å². The summed E-state index contributed by atoms with van der Waals surface area (Å²) in [5, 5.41) is 15.7. The van der Waals surface area contributed by atoms with Crippen LogP contribution in [0.25, 0.3) is 10.9 Å². The fourth-order valence-electron chi connectivity index (χ4n) is 4.08. The van der Waals surface area contributed by atoms with E-state index in [2.05, 4.69) is 10.6 Å². The van der Waals surface area contributed by atoms with Crippen molar-refractivity contribution in [3.05, 3.63) is 39.9 Å². The maximum atomic E-state index is 14.8. The molecule has 1 saturated carbocycles. The van der Waals surface area contributed by atoms with E-state index in [0.717, 1.165) is 25.7 Å². The highest BCUT2D eigenvalue weighted by Crippen LogP contribution is 2.26. The lowest BCUT2D eigenvalue weighted by Gasteiger charge is -2.24. The van der Waals surface area contributed by atoms with Gasteiger partial charge in [0.1, 0.15) is 11.9 Å². The Morgan fingerprint density at radius 3 is 2.62 bits per heavy atom. The van der Waals surface area contributed by atoms with Gasteiger partial charge in [0.25, 0.3) is 0 Å². The Morgan fingerprint density at radius 1 is 1.28 bits per heavy atom. The predicted octanol–water partition coefficient (Wildman–Crippen LogP) is 3.86. The van der Waals surface area contributed by atoms with Crippen LogP contribution in [0.5, 0.6) is 0 Å².